The van der Waals surface area contributed by atoms with E-state index in [0.29, 0.717) is 17.4 Å². The van der Waals surface area contributed by atoms with Crippen LogP contribution < -0.4 is 4.74 Å². The molecule has 1 amide bonds. The number of ether oxygens (including phenoxy) is 1. The van der Waals surface area contributed by atoms with E-state index in [1.165, 1.54) is 19.2 Å². The molecule has 0 bridgehead atoms. The standard InChI is InChI=1S/C16H22FNO2/c1-11(2)8-12-6-7-18(10-12)16(19)13-4-5-15(20-3)14(17)9-13/h4-5,9,11-12H,6-8,10H2,1-3H3/t12-/m1/s1. The first-order valence-electron chi connectivity index (χ1n) is 7.14. The van der Waals surface area contributed by atoms with Gasteiger partial charge in [0.05, 0.1) is 7.11 Å². The lowest BCUT2D eigenvalue weighted by molar-refractivity contribution is 0.0785. The van der Waals surface area contributed by atoms with Gasteiger partial charge in [-0.05, 0) is 42.9 Å². The molecule has 0 aliphatic carbocycles. The number of amides is 1. The van der Waals surface area contributed by atoms with E-state index in [2.05, 4.69) is 13.8 Å². The molecule has 0 saturated carbocycles. The van der Waals surface area contributed by atoms with Crippen LogP contribution >= 0.6 is 0 Å². The van der Waals surface area contributed by atoms with E-state index >= 15 is 0 Å². The zero-order chi connectivity index (χ0) is 14.7. The fourth-order valence-corrected chi connectivity index (χ4v) is 2.86. The lowest BCUT2D eigenvalue weighted by Gasteiger charge is -2.17. The minimum atomic E-state index is -0.490. The van der Waals surface area contributed by atoms with Crippen molar-refractivity contribution in [1.29, 1.82) is 0 Å². The number of nitrogens with zero attached hydrogens (tertiary/aromatic N) is 1. The second-order valence-corrected chi connectivity index (χ2v) is 5.88. The summed E-state index contributed by atoms with van der Waals surface area (Å²) in [5.41, 5.74) is 0.397. The molecular weight excluding hydrogens is 257 g/mol. The molecule has 0 spiro atoms. The third kappa shape index (κ3) is 3.30. The fourth-order valence-electron chi connectivity index (χ4n) is 2.86. The molecule has 0 radical (unpaired) electrons. The lowest BCUT2D eigenvalue weighted by Crippen LogP contribution is -2.28. The van der Waals surface area contributed by atoms with Crippen molar-refractivity contribution in [3.8, 4) is 5.75 Å². The van der Waals surface area contributed by atoms with Crippen molar-refractivity contribution >= 4 is 5.91 Å². The maximum absolute atomic E-state index is 13.7. The van der Waals surface area contributed by atoms with Crippen LogP contribution in [-0.4, -0.2) is 31.0 Å². The van der Waals surface area contributed by atoms with Gasteiger partial charge in [0.15, 0.2) is 11.6 Å². The van der Waals surface area contributed by atoms with Gasteiger partial charge in [-0.25, -0.2) is 4.39 Å². The Bertz CT molecular complexity index is 487. The molecule has 1 atom stereocenters. The minimum Gasteiger partial charge on any atom is -0.494 e. The average molecular weight is 279 g/mol. The Morgan fingerprint density at radius 1 is 1.50 bits per heavy atom. The summed E-state index contributed by atoms with van der Waals surface area (Å²) >= 11 is 0. The summed E-state index contributed by atoms with van der Waals surface area (Å²) in [5, 5.41) is 0. The summed E-state index contributed by atoms with van der Waals surface area (Å²) in [6, 6.07) is 4.39. The zero-order valence-corrected chi connectivity index (χ0v) is 12.4. The molecule has 0 aromatic heterocycles. The van der Waals surface area contributed by atoms with Crippen LogP contribution in [0.4, 0.5) is 4.39 Å². The van der Waals surface area contributed by atoms with E-state index in [-0.39, 0.29) is 11.7 Å². The first kappa shape index (κ1) is 14.8. The highest BCUT2D eigenvalue weighted by molar-refractivity contribution is 5.94. The molecule has 110 valence electrons. The Morgan fingerprint density at radius 2 is 2.25 bits per heavy atom. The van der Waals surface area contributed by atoms with Gasteiger partial charge in [0.2, 0.25) is 0 Å². The van der Waals surface area contributed by atoms with Gasteiger partial charge in [0, 0.05) is 18.7 Å². The molecule has 0 N–H and O–H groups in total. The van der Waals surface area contributed by atoms with Crippen LogP contribution in [0.3, 0.4) is 0 Å². The van der Waals surface area contributed by atoms with E-state index in [1.807, 2.05) is 4.90 Å². The third-order valence-electron chi connectivity index (χ3n) is 3.78. The van der Waals surface area contributed by atoms with Gasteiger partial charge in [0.1, 0.15) is 0 Å². The van der Waals surface area contributed by atoms with Gasteiger partial charge in [-0.2, -0.15) is 0 Å². The van der Waals surface area contributed by atoms with Crippen molar-refractivity contribution < 1.29 is 13.9 Å². The molecule has 1 aromatic rings. The molecule has 2 rings (SSSR count). The molecule has 0 unspecified atom stereocenters. The lowest BCUT2D eigenvalue weighted by atomic mass is 9.97. The third-order valence-corrected chi connectivity index (χ3v) is 3.78. The summed E-state index contributed by atoms with van der Waals surface area (Å²) < 4.78 is 18.5. The quantitative estimate of drug-likeness (QED) is 0.846. The van der Waals surface area contributed by atoms with Crippen LogP contribution in [0, 0.1) is 17.7 Å². The number of hydrogen-bond donors (Lipinski definition) is 0. The smallest absolute Gasteiger partial charge is 0.253 e. The van der Waals surface area contributed by atoms with Gasteiger partial charge in [0.25, 0.3) is 5.91 Å². The number of methoxy groups -OCH3 is 1. The Kier molecular flexibility index (Phi) is 4.63. The van der Waals surface area contributed by atoms with E-state index in [9.17, 15) is 9.18 Å². The Labute approximate surface area is 119 Å². The van der Waals surface area contributed by atoms with Crippen LogP contribution in [0.15, 0.2) is 18.2 Å². The van der Waals surface area contributed by atoms with Crippen molar-refractivity contribution in [2.45, 2.75) is 26.7 Å². The Hall–Kier alpha value is -1.58. The molecule has 20 heavy (non-hydrogen) atoms. The van der Waals surface area contributed by atoms with Crippen molar-refractivity contribution in [3.63, 3.8) is 0 Å². The van der Waals surface area contributed by atoms with E-state index in [1.54, 1.807) is 6.07 Å². The average Bonchev–Trinajstić information content (AvgIpc) is 2.85. The summed E-state index contributed by atoms with van der Waals surface area (Å²) in [4.78, 5) is 14.2. The van der Waals surface area contributed by atoms with Crippen LogP contribution in [0.1, 0.15) is 37.0 Å². The highest BCUT2D eigenvalue weighted by Crippen LogP contribution is 2.25. The number of benzene rings is 1. The normalized spacial score (nSPS) is 18.6. The molecule has 1 aromatic carbocycles. The van der Waals surface area contributed by atoms with Crippen LogP contribution in [0.5, 0.6) is 5.75 Å². The number of rotatable bonds is 4. The molecule has 1 aliphatic rings. The number of carbonyl (C=O) groups is 1. The highest BCUT2D eigenvalue weighted by Gasteiger charge is 2.27. The molecule has 1 heterocycles. The van der Waals surface area contributed by atoms with Gasteiger partial charge in [-0.15, -0.1) is 0 Å². The number of carbonyl (C=O) groups excluding carboxylic acids is 1. The predicted molar refractivity (Wildman–Crippen MR) is 76.4 cm³/mol. The van der Waals surface area contributed by atoms with E-state index < -0.39 is 5.82 Å². The Balaban J connectivity index is 2.03. The SMILES string of the molecule is COc1ccc(C(=O)N2CC[C@H](CC(C)C)C2)cc1F. The maximum Gasteiger partial charge on any atom is 0.253 e. The summed E-state index contributed by atoms with van der Waals surface area (Å²) in [6.07, 6.45) is 2.18. The zero-order valence-electron chi connectivity index (χ0n) is 12.4. The molecular formula is C16H22FNO2. The minimum absolute atomic E-state index is 0.0854. The predicted octanol–water partition coefficient (Wildman–Crippen LogP) is 3.34. The van der Waals surface area contributed by atoms with Crippen molar-refractivity contribution in [2.24, 2.45) is 11.8 Å². The maximum atomic E-state index is 13.7. The van der Waals surface area contributed by atoms with Crippen molar-refractivity contribution in [1.82, 2.24) is 4.90 Å². The number of halogens is 1. The van der Waals surface area contributed by atoms with Crippen molar-refractivity contribution in [2.75, 3.05) is 20.2 Å². The van der Waals surface area contributed by atoms with Crippen molar-refractivity contribution in [3.05, 3.63) is 29.6 Å². The number of hydrogen-bond acceptors (Lipinski definition) is 2. The van der Waals surface area contributed by atoms with Crippen LogP contribution in [0.25, 0.3) is 0 Å². The number of likely N-dealkylation sites (tertiary alicyclic amines) is 1. The first-order chi connectivity index (χ1) is 9.51. The Morgan fingerprint density at radius 3 is 2.85 bits per heavy atom. The topological polar surface area (TPSA) is 29.5 Å². The second kappa shape index (κ2) is 6.25. The molecule has 1 fully saturated rings. The fraction of sp³-hybridized carbons (Fsp3) is 0.562. The van der Waals surface area contributed by atoms with Gasteiger partial charge < -0.3 is 9.64 Å². The first-order valence-corrected chi connectivity index (χ1v) is 7.14. The van der Waals surface area contributed by atoms with Gasteiger partial charge in [-0.1, -0.05) is 13.8 Å². The summed E-state index contributed by atoms with van der Waals surface area (Å²) in [5.74, 6) is 0.810. The van der Waals surface area contributed by atoms with Gasteiger partial charge >= 0.3 is 0 Å². The molecule has 1 aliphatic heterocycles. The monoisotopic (exact) mass is 279 g/mol. The summed E-state index contributed by atoms with van der Waals surface area (Å²) in [6.45, 7) is 5.95. The molecule has 1 saturated heterocycles. The molecule has 3 nitrogen and oxygen atoms in total. The molecule has 4 heteroatoms. The highest BCUT2D eigenvalue weighted by atomic mass is 19.1. The summed E-state index contributed by atoms with van der Waals surface area (Å²) in [7, 11) is 1.41. The van der Waals surface area contributed by atoms with Crippen LogP contribution in [-0.2, 0) is 0 Å². The van der Waals surface area contributed by atoms with Crippen LogP contribution in [0.2, 0.25) is 0 Å². The van der Waals surface area contributed by atoms with Gasteiger partial charge in [-0.3, -0.25) is 4.79 Å². The largest absolute Gasteiger partial charge is 0.494 e. The van der Waals surface area contributed by atoms with E-state index in [0.717, 1.165) is 25.9 Å². The second-order valence-electron chi connectivity index (χ2n) is 5.88. The van der Waals surface area contributed by atoms with E-state index in [4.69, 9.17) is 4.74 Å².